The molecule has 0 aromatic heterocycles. The van der Waals surface area contributed by atoms with Gasteiger partial charge in [0.15, 0.2) is 0 Å². The van der Waals surface area contributed by atoms with E-state index in [1.807, 2.05) is 29.5 Å². The minimum absolute atomic E-state index is 0.117. The van der Waals surface area contributed by atoms with Gasteiger partial charge in [-0.15, -0.1) is 0 Å². The number of thiocarbonyl (C=S) groups is 1. The van der Waals surface area contributed by atoms with Gasteiger partial charge >= 0.3 is 0 Å². The zero-order chi connectivity index (χ0) is 13.7. The summed E-state index contributed by atoms with van der Waals surface area (Å²) >= 11 is 6.81. The van der Waals surface area contributed by atoms with Gasteiger partial charge in [-0.3, -0.25) is 4.79 Å². The first kappa shape index (κ1) is 15.2. The molecule has 0 radical (unpaired) electrons. The maximum Gasteiger partial charge on any atom is 0.253 e. The number of carbonyl (C=O) groups excluding carboxylic acids is 1. The number of halogens is 1. The van der Waals surface area contributed by atoms with Crippen molar-refractivity contribution in [3.63, 3.8) is 0 Å². The van der Waals surface area contributed by atoms with E-state index < -0.39 is 0 Å². The molecular weight excluding hydrogens is 363 g/mol. The van der Waals surface area contributed by atoms with Crippen LogP contribution in [-0.2, 0) is 0 Å². The Morgan fingerprint density at radius 1 is 1.56 bits per heavy atom. The minimum Gasteiger partial charge on any atom is -0.507 e. The van der Waals surface area contributed by atoms with Crippen molar-refractivity contribution >= 4 is 45.7 Å². The highest BCUT2D eigenvalue weighted by atomic mass is 127. The molecule has 1 aromatic rings. The third kappa shape index (κ3) is 4.09. The highest BCUT2D eigenvalue weighted by Crippen LogP contribution is 2.21. The van der Waals surface area contributed by atoms with Crippen molar-refractivity contribution < 1.29 is 9.90 Å². The summed E-state index contributed by atoms with van der Waals surface area (Å²) < 4.78 is 0.718. The number of nitrogens with zero attached hydrogens (tertiary/aromatic N) is 1. The van der Waals surface area contributed by atoms with Crippen LogP contribution in [-0.4, -0.2) is 34.0 Å². The molecule has 0 saturated heterocycles. The van der Waals surface area contributed by atoms with E-state index in [9.17, 15) is 9.90 Å². The van der Waals surface area contributed by atoms with Gasteiger partial charge < -0.3 is 15.7 Å². The van der Waals surface area contributed by atoms with Crippen molar-refractivity contribution in [1.82, 2.24) is 4.90 Å². The summed E-state index contributed by atoms with van der Waals surface area (Å²) in [5.74, 6) is -0.00713. The van der Waals surface area contributed by atoms with Gasteiger partial charge in [0.05, 0.1) is 8.56 Å². The quantitative estimate of drug-likeness (QED) is 0.609. The van der Waals surface area contributed by atoms with E-state index in [1.54, 1.807) is 17.0 Å². The van der Waals surface area contributed by atoms with Crippen LogP contribution in [0.4, 0.5) is 0 Å². The lowest BCUT2D eigenvalue weighted by atomic mass is 10.2. The summed E-state index contributed by atoms with van der Waals surface area (Å²) in [6.45, 7) is 2.97. The van der Waals surface area contributed by atoms with Crippen LogP contribution in [0.3, 0.4) is 0 Å². The van der Waals surface area contributed by atoms with E-state index in [0.29, 0.717) is 30.1 Å². The Bertz CT molecular complexity index is 465. The molecule has 6 heteroatoms. The second-order valence-corrected chi connectivity index (χ2v) is 5.45. The lowest BCUT2D eigenvalue weighted by molar-refractivity contribution is 0.0768. The molecule has 0 aliphatic carbocycles. The number of phenols is 1. The number of carbonyl (C=O) groups is 1. The first-order valence-corrected chi connectivity index (χ1v) is 7.00. The predicted molar refractivity (Wildman–Crippen MR) is 83.8 cm³/mol. The molecule has 0 aliphatic rings. The molecule has 0 unspecified atom stereocenters. The zero-order valence-electron chi connectivity index (χ0n) is 10.0. The molecule has 0 fully saturated rings. The van der Waals surface area contributed by atoms with Crippen molar-refractivity contribution in [2.24, 2.45) is 5.73 Å². The lowest BCUT2D eigenvalue weighted by Gasteiger charge is -2.20. The monoisotopic (exact) mass is 378 g/mol. The van der Waals surface area contributed by atoms with Gasteiger partial charge in [0, 0.05) is 25.1 Å². The highest BCUT2D eigenvalue weighted by Gasteiger charge is 2.15. The number of hydrogen-bond acceptors (Lipinski definition) is 3. The molecule has 0 spiro atoms. The Labute approximate surface area is 125 Å². The van der Waals surface area contributed by atoms with Crippen LogP contribution in [0.2, 0.25) is 0 Å². The molecule has 3 N–H and O–H groups in total. The molecule has 0 heterocycles. The second-order valence-electron chi connectivity index (χ2n) is 3.77. The Balaban J connectivity index is 2.82. The summed E-state index contributed by atoms with van der Waals surface area (Å²) in [5.41, 5.74) is 5.90. The smallest absolute Gasteiger partial charge is 0.253 e. The Kier molecular flexibility index (Phi) is 5.80. The summed E-state index contributed by atoms with van der Waals surface area (Å²) in [6.07, 6.45) is 0.505. The molecule has 18 heavy (non-hydrogen) atoms. The molecular formula is C12H15IN2O2S. The first-order valence-electron chi connectivity index (χ1n) is 5.51. The van der Waals surface area contributed by atoms with Crippen molar-refractivity contribution in [3.05, 3.63) is 27.3 Å². The Hall–Kier alpha value is -0.890. The molecule has 0 aliphatic heterocycles. The maximum absolute atomic E-state index is 12.2. The molecule has 98 valence electrons. The average molecular weight is 378 g/mol. The van der Waals surface area contributed by atoms with Crippen LogP contribution in [0.5, 0.6) is 5.75 Å². The minimum atomic E-state index is -0.125. The summed E-state index contributed by atoms with van der Waals surface area (Å²) in [7, 11) is 0. The molecule has 1 rings (SSSR count). The van der Waals surface area contributed by atoms with E-state index in [1.165, 1.54) is 6.07 Å². The van der Waals surface area contributed by atoms with Gasteiger partial charge in [-0.1, -0.05) is 12.2 Å². The van der Waals surface area contributed by atoms with Gasteiger partial charge in [0.1, 0.15) is 5.75 Å². The topological polar surface area (TPSA) is 66.6 Å². The van der Waals surface area contributed by atoms with Gasteiger partial charge in [-0.2, -0.15) is 0 Å². The Morgan fingerprint density at radius 3 is 2.72 bits per heavy atom. The zero-order valence-corrected chi connectivity index (χ0v) is 13.0. The standard InChI is InChI=1S/C12H15IN2O2S/c1-2-15(6-5-11(14)18)12(17)8-3-4-9(13)10(16)7-8/h3-4,7,16H,2,5-6H2,1H3,(H2,14,18). The van der Waals surface area contributed by atoms with Crippen LogP contribution in [0.15, 0.2) is 18.2 Å². The van der Waals surface area contributed by atoms with Gasteiger partial charge in [0.25, 0.3) is 5.91 Å². The highest BCUT2D eigenvalue weighted by molar-refractivity contribution is 14.1. The summed E-state index contributed by atoms with van der Waals surface area (Å²) in [5, 5.41) is 9.60. The van der Waals surface area contributed by atoms with Crippen molar-refractivity contribution in [1.29, 1.82) is 0 Å². The summed E-state index contributed by atoms with van der Waals surface area (Å²) in [4.78, 5) is 14.2. The number of hydrogen-bond donors (Lipinski definition) is 2. The second kappa shape index (κ2) is 6.89. The fourth-order valence-electron chi connectivity index (χ4n) is 1.48. The molecule has 1 amide bonds. The van der Waals surface area contributed by atoms with Crippen molar-refractivity contribution in [3.8, 4) is 5.75 Å². The largest absolute Gasteiger partial charge is 0.507 e. The molecule has 0 saturated carbocycles. The van der Waals surface area contributed by atoms with Crippen LogP contribution in [0.25, 0.3) is 0 Å². The number of phenolic OH excluding ortho intramolecular Hbond substituents is 1. The Morgan fingerprint density at radius 2 is 2.22 bits per heavy atom. The van der Waals surface area contributed by atoms with Crippen LogP contribution in [0, 0.1) is 3.57 Å². The number of amides is 1. The normalized spacial score (nSPS) is 10.1. The van der Waals surface area contributed by atoms with Crippen molar-refractivity contribution in [2.45, 2.75) is 13.3 Å². The fourth-order valence-corrected chi connectivity index (χ4v) is 1.90. The molecule has 1 aromatic carbocycles. The van der Waals surface area contributed by atoms with Crippen LogP contribution >= 0.6 is 34.8 Å². The fraction of sp³-hybridized carbons (Fsp3) is 0.333. The first-order chi connectivity index (χ1) is 8.45. The van der Waals surface area contributed by atoms with Gasteiger partial charge in [-0.05, 0) is 47.7 Å². The third-order valence-electron chi connectivity index (χ3n) is 2.49. The number of aromatic hydroxyl groups is 1. The maximum atomic E-state index is 12.2. The van der Waals surface area contributed by atoms with E-state index in [4.69, 9.17) is 18.0 Å². The van der Waals surface area contributed by atoms with E-state index in [2.05, 4.69) is 0 Å². The number of rotatable bonds is 5. The predicted octanol–water partition coefficient (Wildman–Crippen LogP) is 2.14. The third-order valence-corrected chi connectivity index (χ3v) is 3.61. The molecule has 0 bridgehead atoms. The lowest BCUT2D eigenvalue weighted by Crippen LogP contribution is -2.33. The van der Waals surface area contributed by atoms with Crippen molar-refractivity contribution in [2.75, 3.05) is 13.1 Å². The average Bonchev–Trinajstić information content (AvgIpc) is 2.32. The van der Waals surface area contributed by atoms with Gasteiger partial charge in [0.2, 0.25) is 0 Å². The van der Waals surface area contributed by atoms with Gasteiger partial charge in [-0.25, -0.2) is 0 Å². The number of nitrogens with two attached hydrogens (primary N) is 1. The van der Waals surface area contributed by atoms with E-state index >= 15 is 0 Å². The summed E-state index contributed by atoms with van der Waals surface area (Å²) in [6, 6.07) is 4.89. The van der Waals surface area contributed by atoms with Crippen LogP contribution in [0.1, 0.15) is 23.7 Å². The van der Waals surface area contributed by atoms with E-state index in [0.717, 1.165) is 3.57 Å². The molecule has 0 atom stereocenters. The van der Waals surface area contributed by atoms with Crippen LogP contribution < -0.4 is 5.73 Å². The number of benzene rings is 1. The molecule has 4 nitrogen and oxygen atoms in total. The van der Waals surface area contributed by atoms with E-state index in [-0.39, 0.29) is 11.7 Å². The SMILES string of the molecule is CCN(CCC(N)=S)C(=O)c1ccc(I)c(O)c1.